The third-order valence-electron chi connectivity index (χ3n) is 4.03. The molecule has 1 saturated heterocycles. The zero-order chi connectivity index (χ0) is 12.3. The van der Waals surface area contributed by atoms with Gasteiger partial charge in [-0.3, -0.25) is 9.59 Å². The van der Waals surface area contributed by atoms with Crippen molar-refractivity contribution >= 4 is 11.9 Å². The first-order valence-corrected chi connectivity index (χ1v) is 6.56. The summed E-state index contributed by atoms with van der Waals surface area (Å²) < 4.78 is 4.77. The fourth-order valence-electron chi connectivity index (χ4n) is 2.96. The lowest BCUT2D eigenvalue weighted by atomic mass is 9.82. The fraction of sp³-hybridized carbons (Fsp3) is 0.846. The molecule has 2 fully saturated rings. The van der Waals surface area contributed by atoms with Crippen LogP contribution in [0.5, 0.6) is 0 Å². The van der Waals surface area contributed by atoms with Crippen LogP contribution in [0.2, 0.25) is 0 Å². The van der Waals surface area contributed by atoms with Crippen LogP contribution < -0.4 is 0 Å². The number of hydrogen-bond acceptors (Lipinski definition) is 3. The lowest BCUT2D eigenvalue weighted by molar-refractivity contribution is -0.147. The first-order valence-electron chi connectivity index (χ1n) is 6.56. The molecule has 1 aliphatic heterocycles. The van der Waals surface area contributed by atoms with Crippen molar-refractivity contribution < 1.29 is 14.3 Å². The Hall–Kier alpha value is -1.06. The average molecular weight is 239 g/mol. The van der Waals surface area contributed by atoms with Crippen LogP contribution in [0.3, 0.4) is 0 Å². The standard InChI is InChI=1S/C13H21NO3/c1-17-13(16)11-6-4-10(5-7-11)9-14-8-2-3-12(14)15/h10-11H,2-9H2,1H3/t10-,11-. The van der Waals surface area contributed by atoms with Gasteiger partial charge in [0.1, 0.15) is 0 Å². The zero-order valence-corrected chi connectivity index (χ0v) is 10.5. The van der Waals surface area contributed by atoms with Crippen LogP contribution >= 0.6 is 0 Å². The van der Waals surface area contributed by atoms with Crippen molar-refractivity contribution in [1.82, 2.24) is 4.90 Å². The number of ether oxygens (including phenoxy) is 1. The van der Waals surface area contributed by atoms with Crippen LogP contribution in [0.25, 0.3) is 0 Å². The Morgan fingerprint density at radius 2 is 2.06 bits per heavy atom. The number of carbonyl (C=O) groups is 2. The number of likely N-dealkylation sites (tertiary alicyclic amines) is 1. The summed E-state index contributed by atoms with van der Waals surface area (Å²) >= 11 is 0. The van der Waals surface area contributed by atoms with Crippen molar-refractivity contribution in [3.8, 4) is 0 Å². The summed E-state index contributed by atoms with van der Waals surface area (Å²) in [5.41, 5.74) is 0. The topological polar surface area (TPSA) is 46.6 Å². The quantitative estimate of drug-likeness (QED) is 0.703. The Bertz CT molecular complexity index is 295. The summed E-state index contributed by atoms with van der Waals surface area (Å²) in [4.78, 5) is 24.9. The molecule has 0 unspecified atom stereocenters. The highest BCUT2D eigenvalue weighted by atomic mass is 16.5. The SMILES string of the molecule is COC(=O)[C@H]1CC[C@H](CN2CCCC2=O)CC1. The monoisotopic (exact) mass is 239 g/mol. The van der Waals surface area contributed by atoms with Crippen LogP contribution in [0, 0.1) is 11.8 Å². The van der Waals surface area contributed by atoms with Gasteiger partial charge in [0.2, 0.25) is 5.91 Å². The van der Waals surface area contributed by atoms with Gasteiger partial charge in [0.25, 0.3) is 0 Å². The average Bonchev–Trinajstić information content (AvgIpc) is 2.75. The molecule has 1 amide bonds. The molecule has 0 aromatic heterocycles. The van der Waals surface area contributed by atoms with E-state index in [4.69, 9.17) is 4.74 Å². The second-order valence-corrected chi connectivity index (χ2v) is 5.18. The van der Waals surface area contributed by atoms with Crippen LogP contribution in [0.15, 0.2) is 0 Å². The van der Waals surface area contributed by atoms with Gasteiger partial charge in [0.05, 0.1) is 13.0 Å². The first kappa shape index (κ1) is 12.4. The molecule has 0 bridgehead atoms. The Balaban J connectivity index is 1.75. The molecule has 0 N–H and O–H groups in total. The van der Waals surface area contributed by atoms with E-state index < -0.39 is 0 Å². The number of nitrogens with zero attached hydrogens (tertiary/aromatic N) is 1. The molecular weight excluding hydrogens is 218 g/mol. The Kier molecular flexibility index (Phi) is 4.02. The van der Waals surface area contributed by atoms with Gasteiger partial charge >= 0.3 is 5.97 Å². The van der Waals surface area contributed by atoms with Crippen molar-refractivity contribution in [3.63, 3.8) is 0 Å². The Morgan fingerprint density at radius 1 is 1.35 bits per heavy atom. The molecule has 0 spiro atoms. The lowest BCUT2D eigenvalue weighted by Gasteiger charge is -2.30. The smallest absolute Gasteiger partial charge is 0.308 e. The number of hydrogen-bond donors (Lipinski definition) is 0. The first-order chi connectivity index (χ1) is 8.20. The molecule has 96 valence electrons. The molecule has 1 heterocycles. The van der Waals surface area contributed by atoms with Gasteiger partial charge in [0.15, 0.2) is 0 Å². The van der Waals surface area contributed by atoms with Gasteiger partial charge < -0.3 is 9.64 Å². The maximum Gasteiger partial charge on any atom is 0.308 e. The summed E-state index contributed by atoms with van der Waals surface area (Å²) in [5, 5.41) is 0. The van der Waals surface area contributed by atoms with Crippen LogP contribution in [-0.2, 0) is 14.3 Å². The van der Waals surface area contributed by atoms with Gasteiger partial charge in [-0.1, -0.05) is 0 Å². The highest BCUT2D eigenvalue weighted by Gasteiger charge is 2.29. The molecule has 0 radical (unpaired) electrons. The van der Waals surface area contributed by atoms with Gasteiger partial charge in [-0.05, 0) is 38.0 Å². The van der Waals surface area contributed by atoms with Crippen LogP contribution in [0.4, 0.5) is 0 Å². The van der Waals surface area contributed by atoms with Crippen LogP contribution in [-0.4, -0.2) is 37.0 Å². The summed E-state index contributed by atoms with van der Waals surface area (Å²) in [6, 6.07) is 0. The van der Waals surface area contributed by atoms with E-state index in [0.717, 1.165) is 51.6 Å². The van der Waals surface area contributed by atoms with Crippen LogP contribution in [0.1, 0.15) is 38.5 Å². The molecule has 1 aliphatic carbocycles. The van der Waals surface area contributed by atoms with E-state index in [1.165, 1.54) is 7.11 Å². The maximum absolute atomic E-state index is 11.5. The summed E-state index contributed by atoms with van der Waals surface area (Å²) in [6.07, 6.45) is 5.65. The summed E-state index contributed by atoms with van der Waals surface area (Å²) in [6.45, 7) is 1.82. The van der Waals surface area contributed by atoms with Gasteiger partial charge in [-0.25, -0.2) is 0 Å². The third-order valence-corrected chi connectivity index (χ3v) is 4.03. The maximum atomic E-state index is 11.5. The van der Waals surface area contributed by atoms with Gasteiger partial charge in [0, 0.05) is 19.5 Å². The Morgan fingerprint density at radius 3 is 2.59 bits per heavy atom. The second-order valence-electron chi connectivity index (χ2n) is 5.18. The number of carbonyl (C=O) groups excluding carboxylic acids is 2. The highest BCUT2D eigenvalue weighted by Crippen LogP contribution is 2.30. The van der Waals surface area contributed by atoms with E-state index in [9.17, 15) is 9.59 Å². The van der Waals surface area contributed by atoms with Crippen molar-refractivity contribution in [3.05, 3.63) is 0 Å². The predicted octanol–water partition coefficient (Wildman–Crippen LogP) is 1.59. The number of esters is 1. The van der Waals surface area contributed by atoms with Gasteiger partial charge in [-0.15, -0.1) is 0 Å². The van der Waals surface area contributed by atoms with E-state index in [-0.39, 0.29) is 11.9 Å². The minimum atomic E-state index is -0.0688. The largest absolute Gasteiger partial charge is 0.469 e. The van der Waals surface area contributed by atoms with Crippen molar-refractivity contribution in [2.75, 3.05) is 20.2 Å². The molecule has 0 aromatic rings. The van der Waals surface area contributed by atoms with E-state index in [0.29, 0.717) is 11.8 Å². The molecular formula is C13H21NO3. The van der Waals surface area contributed by atoms with Crippen molar-refractivity contribution in [1.29, 1.82) is 0 Å². The molecule has 0 atom stereocenters. The van der Waals surface area contributed by atoms with E-state index >= 15 is 0 Å². The van der Waals surface area contributed by atoms with Gasteiger partial charge in [-0.2, -0.15) is 0 Å². The molecule has 4 heteroatoms. The number of amides is 1. The summed E-state index contributed by atoms with van der Waals surface area (Å²) in [7, 11) is 1.46. The molecule has 2 rings (SSSR count). The molecule has 4 nitrogen and oxygen atoms in total. The van der Waals surface area contributed by atoms with Crippen molar-refractivity contribution in [2.45, 2.75) is 38.5 Å². The van der Waals surface area contributed by atoms with E-state index in [1.807, 2.05) is 4.90 Å². The molecule has 1 saturated carbocycles. The summed E-state index contributed by atoms with van der Waals surface area (Å²) in [5.74, 6) is 0.907. The molecule has 2 aliphatic rings. The third kappa shape index (κ3) is 2.99. The van der Waals surface area contributed by atoms with E-state index in [1.54, 1.807) is 0 Å². The van der Waals surface area contributed by atoms with E-state index in [2.05, 4.69) is 0 Å². The number of methoxy groups -OCH3 is 1. The molecule has 17 heavy (non-hydrogen) atoms. The fourth-order valence-corrected chi connectivity index (χ4v) is 2.96. The number of rotatable bonds is 3. The molecule has 0 aromatic carbocycles. The highest BCUT2D eigenvalue weighted by molar-refractivity contribution is 5.78. The minimum absolute atomic E-state index is 0.0688. The normalized spacial score (nSPS) is 29.5. The minimum Gasteiger partial charge on any atom is -0.469 e. The Labute approximate surface area is 102 Å². The van der Waals surface area contributed by atoms with Crippen molar-refractivity contribution in [2.24, 2.45) is 11.8 Å². The lowest BCUT2D eigenvalue weighted by Crippen LogP contribution is -2.33. The zero-order valence-electron chi connectivity index (χ0n) is 10.5. The second kappa shape index (κ2) is 5.52. The predicted molar refractivity (Wildman–Crippen MR) is 63.3 cm³/mol.